The Hall–Kier alpha value is -14.1. The summed E-state index contributed by atoms with van der Waals surface area (Å²) in [7, 11) is 0. The largest absolute Gasteiger partial charge is 0.295 e. The summed E-state index contributed by atoms with van der Waals surface area (Å²) in [5, 5.41) is 8.30. The van der Waals surface area contributed by atoms with E-state index >= 15 is 0 Å². The highest BCUT2D eigenvalue weighted by molar-refractivity contribution is 6.14. The van der Waals surface area contributed by atoms with Crippen molar-refractivity contribution in [3.05, 3.63) is 406 Å². The predicted octanol–water partition coefficient (Wildman–Crippen LogP) is 25.4. The number of rotatable bonds is 9. The summed E-state index contributed by atoms with van der Waals surface area (Å²) in [5.41, 5.74) is 39.9. The second kappa shape index (κ2) is 33.4. The minimum absolute atomic E-state index is 0.170. The molecule has 6 aliphatic heterocycles. The van der Waals surface area contributed by atoms with Crippen molar-refractivity contribution in [2.45, 2.75) is 199 Å². The highest BCUT2D eigenvalue weighted by Gasteiger charge is 2.39. The molecule has 0 radical (unpaired) electrons. The van der Waals surface area contributed by atoms with Gasteiger partial charge in [0, 0.05) is 77.2 Å². The van der Waals surface area contributed by atoms with E-state index in [-0.39, 0.29) is 5.41 Å². The minimum Gasteiger partial charge on any atom is -0.225 e. The van der Waals surface area contributed by atoms with Gasteiger partial charge in [-0.3, -0.25) is 0 Å². The van der Waals surface area contributed by atoms with Gasteiger partial charge >= 0.3 is 0 Å². The number of para-hydroxylation sites is 3. The van der Waals surface area contributed by atoms with E-state index in [0.29, 0.717) is 29.6 Å². The summed E-state index contributed by atoms with van der Waals surface area (Å²) in [4.78, 5) is 0. The van der Waals surface area contributed by atoms with Crippen molar-refractivity contribution in [1.82, 2.24) is 27.1 Å². The molecule has 0 bridgehead atoms. The molecule has 26 rings (SSSR count). The molecule has 0 saturated heterocycles. The quantitative estimate of drug-likeness (QED) is 0.102. The lowest BCUT2D eigenvalue weighted by Crippen LogP contribution is -2.30. The summed E-state index contributed by atoms with van der Waals surface area (Å²) in [5.74, 6) is 7.70. The average molecular weight is 1730 g/mol. The predicted molar refractivity (Wildman–Crippen MR) is 538 cm³/mol. The molecule has 0 aliphatic carbocycles. The normalized spacial score (nSPS) is 12.9. The van der Waals surface area contributed by atoms with Crippen LogP contribution in [0.4, 0.5) is 0 Å². The zero-order valence-corrected chi connectivity index (χ0v) is 79.9. The topological polar surface area (TPSA) is 51.8 Å². The summed E-state index contributed by atoms with van der Waals surface area (Å²) < 4.78 is 28.3. The van der Waals surface area contributed by atoms with E-state index in [1.54, 1.807) is 0 Å². The molecule has 12 heteroatoms. The second-order valence-electron chi connectivity index (χ2n) is 40.1. The highest BCUT2D eigenvalue weighted by Crippen LogP contribution is 2.43. The van der Waals surface area contributed by atoms with Gasteiger partial charge in [-0.2, -0.15) is 27.1 Å². The zero-order chi connectivity index (χ0) is 91.1. The number of aryl methyl sites for hydroxylation is 5. The third-order valence-electron chi connectivity index (χ3n) is 28.6. The van der Waals surface area contributed by atoms with Gasteiger partial charge in [0.15, 0.2) is 0 Å². The van der Waals surface area contributed by atoms with Crippen molar-refractivity contribution in [2.24, 2.45) is 0 Å². The van der Waals surface area contributed by atoms with Crippen LogP contribution in [0.3, 0.4) is 0 Å². The van der Waals surface area contributed by atoms with E-state index in [9.17, 15) is 0 Å². The Morgan fingerprint density at radius 2 is 0.591 bits per heavy atom. The molecule has 0 saturated carbocycles. The molecule has 0 spiro atoms. The first-order valence-corrected chi connectivity index (χ1v) is 47.8. The molecule has 12 nitrogen and oxygen atoms in total. The molecule has 12 aromatic carbocycles. The molecule has 8 aromatic heterocycles. The van der Waals surface area contributed by atoms with Crippen molar-refractivity contribution in [3.8, 4) is 68.3 Å². The number of pyridine rings is 2. The number of aromatic nitrogens is 12. The van der Waals surface area contributed by atoms with Crippen LogP contribution in [-0.2, 0) is 44.7 Å². The molecule has 0 fully saturated rings. The summed E-state index contributed by atoms with van der Waals surface area (Å²) in [6, 6.07) is 86.6. The first-order chi connectivity index (χ1) is 63.8. The van der Waals surface area contributed by atoms with Gasteiger partial charge in [-0.15, -0.1) is 0 Å². The smallest absolute Gasteiger partial charge is 0.225 e. The Labute approximate surface area is 776 Å². The van der Waals surface area contributed by atoms with Crippen LogP contribution in [0, 0.1) is 34.6 Å². The average Bonchev–Trinajstić information content (AvgIpc) is 1.55. The number of hydrogen-bond donors (Lipinski definition) is 0. The van der Waals surface area contributed by atoms with E-state index in [1.807, 2.05) is 0 Å². The third-order valence-corrected chi connectivity index (χ3v) is 28.6. The van der Waals surface area contributed by atoms with Crippen LogP contribution in [0.2, 0.25) is 0 Å². The van der Waals surface area contributed by atoms with Crippen molar-refractivity contribution >= 4 is 54.6 Å². The van der Waals surface area contributed by atoms with Crippen LogP contribution in [-0.4, -0.2) is 27.1 Å². The standard InChI is InChI=1S/C25H31N2.C22H25N2.C20H19N2.C19H19N2.C18H17N2.C16H11N2/c1-16(2)20-13-22(17(3)4)24(23(14-20)18(5)6)27-12-11-26-15-19-9-7-8-10-21(19)25(26)27;1-15(2)18-10-7-11-19(16(3)4)21(18)24-13-12-23-14-17-8-5-6-9-20(17)22(23)24;1-20(2,3)14-7-8-17-16(11-14)15-6-4-5-13-12-21-9-10-22(17)19(21)18(13)15;1-13-10-14(2)18(15(3)11-13)21-9-8-20-12-16-6-4-5-7-17(16)19(20)21;1-13-6-5-7-14(2)17(13)20-11-10-19-12-15-8-3-4-9-16(15)18(19)20;1-2-7-14-12(5-1)13-6-3-4-11-10-17-8-9-18(14)16(17)15(11)13/h7-14,16-18H,15H2,1-6H3;5-13,15-16H,14H2,1-4H3;4-11H,12H2,1-3H3;4-11H,12H2,1-3H3;3-11H,12H2,1-2H3;1-9H,10H2/q6*+1. The molecule has 20 aromatic rings. The van der Waals surface area contributed by atoms with Gasteiger partial charge in [0.2, 0.25) is 0 Å². The van der Waals surface area contributed by atoms with Gasteiger partial charge in [-0.25, -0.2) is 27.4 Å². The molecule has 0 atom stereocenters. The Kier molecular flexibility index (Phi) is 21.4. The molecule has 14 heterocycles. The fourth-order valence-electron chi connectivity index (χ4n) is 22.2. The Morgan fingerprint density at radius 3 is 1.00 bits per heavy atom. The fourth-order valence-corrected chi connectivity index (χ4v) is 22.2. The molecular formula is C120H122N12+6. The van der Waals surface area contributed by atoms with Crippen LogP contribution in [0.25, 0.3) is 123 Å². The number of benzene rings is 12. The molecule has 132 heavy (non-hydrogen) atoms. The zero-order valence-electron chi connectivity index (χ0n) is 79.9. The molecule has 656 valence electrons. The van der Waals surface area contributed by atoms with Gasteiger partial charge in [0.05, 0.1) is 33.0 Å². The van der Waals surface area contributed by atoms with E-state index in [4.69, 9.17) is 0 Å². The Bertz CT molecular complexity index is 7900. The lowest BCUT2D eigenvalue weighted by molar-refractivity contribution is -0.671. The Morgan fingerprint density at radius 1 is 0.265 bits per heavy atom. The monoisotopic (exact) mass is 1730 g/mol. The second-order valence-corrected chi connectivity index (χ2v) is 40.1. The van der Waals surface area contributed by atoms with Crippen molar-refractivity contribution in [1.29, 1.82) is 0 Å². The van der Waals surface area contributed by atoms with E-state index in [2.05, 4.69) is 490 Å². The summed E-state index contributed by atoms with van der Waals surface area (Å²) in [6.07, 6.45) is 26.4. The maximum atomic E-state index is 2.45. The van der Waals surface area contributed by atoms with Crippen LogP contribution in [0.1, 0.15) is 214 Å². The maximum absolute atomic E-state index is 2.45. The molecule has 6 aliphatic rings. The number of imidazole rings is 6. The van der Waals surface area contributed by atoms with Gasteiger partial charge in [0.25, 0.3) is 34.6 Å². The van der Waals surface area contributed by atoms with Gasteiger partial charge in [-0.05, 0) is 145 Å². The van der Waals surface area contributed by atoms with Crippen LogP contribution in [0.5, 0.6) is 0 Å². The van der Waals surface area contributed by atoms with E-state index in [1.165, 1.54) is 218 Å². The maximum Gasteiger partial charge on any atom is 0.295 e. The molecule has 0 N–H and O–H groups in total. The van der Waals surface area contributed by atoms with Gasteiger partial charge in [-0.1, -0.05) is 290 Å². The van der Waals surface area contributed by atoms with E-state index < -0.39 is 0 Å². The minimum atomic E-state index is 0.170. The van der Waals surface area contributed by atoms with Crippen LogP contribution >= 0.6 is 0 Å². The van der Waals surface area contributed by atoms with Crippen LogP contribution in [0.15, 0.2) is 311 Å². The molecular weight excluding hydrogens is 1610 g/mol. The summed E-state index contributed by atoms with van der Waals surface area (Å²) >= 11 is 0. The van der Waals surface area contributed by atoms with Crippen molar-refractivity contribution < 1.29 is 27.4 Å². The highest BCUT2D eigenvalue weighted by atomic mass is 15.2. The SMILES string of the molecule is CC(C)(C)c1ccc2c(c1)c1cccc3c1c1n2cc[n+]1C3.CC(C)c1cc(C(C)C)c(-n2cc[n+]3c2-c2ccccc2C3)c(C(C)C)c1.CC(C)c1cccc(C(C)C)c1-n1cc[n+]2c1-c1ccccc1C2.Cc1cc(C)c(-n2cc[n+]3c2-c2ccccc2C3)c(C)c1.Cc1cccc(C)c1-n1cc[n+]2c1-c1ccccc1C2.c1cc2c3c(c1)c1ccccc1n1cc[n+](c31)C2. The molecule has 0 unspecified atom stereocenters. The van der Waals surface area contributed by atoms with Gasteiger partial charge < -0.3 is 0 Å². The van der Waals surface area contributed by atoms with Gasteiger partial charge in [0.1, 0.15) is 147 Å². The third kappa shape index (κ3) is 14.4. The number of hydrogen-bond acceptors (Lipinski definition) is 0. The Balaban J connectivity index is 0.0000000958. The number of nitrogens with zero attached hydrogens (tertiary/aromatic N) is 12. The number of fused-ring (bicyclic) bond motifs is 18. The van der Waals surface area contributed by atoms with E-state index in [0.717, 1.165) is 39.3 Å². The summed E-state index contributed by atoms with van der Waals surface area (Å²) in [6.45, 7) is 46.6. The first kappa shape index (κ1) is 84.7. The van der Waals surface area contributed by atoms with Crippen molar-refractivity contribution in [3.63, 3.8) is 0 Å². The van der Waals surface area contributed by atoms with Crippen molar-refractivity contribution in [2.75, 3.05) is 0 Å². The lowest BCUT2D eigenvalue weighted by atomic mass is 9.86. The molecule has 0 amide bonds. The fraction of sp³-hybridized carbons (Fsp3) is 0.250. The first-order valence-electron chi connectivity index (χ1n) is 47.8. The lowest BCUT2D eigenvalue weighted by Gasteiger charge is -2.21. The van der Waals surface area contributed by atoms with Crippen LogP contribution < -0.4 is 27.4 Å².